The maximum Gasteiger partial charge on any atom is 0.239 e. The van der Waals surface area contributed by atoms with Crippen molar-refractivity contribution in [3.8, 4) is 11.1 Å². The number of carbonyl (C=O) groups excluding carboxylic acids is 2. The van der Waals surface area contributed by atoms with Crippen molar-refractivity contribution in [2.24, 2.45) is 0 Å². The molecule has 0 spiro atoms. The first-order chi connectivity index (χ1) is 20.3. The monoisotopic (exact) mass is 574 g/mol. The normalized spacial score (nSPS) is 18.2. The highest BCUT2D eigenvalue weighted by Crippen LogP contribution is 2.22. The van der Waals surface area contributed by atoms with E-state index in [4.69, 9.17) is 9.47 Å². The van der Waals surface area contributed by atoms with Crippen molar-refractivity contribution < 1.29 is 19.1 Å². The molecule has 2 unspecified atom stereocenters. The average molecular weight is 575 g/mol. The molecule has 0 bridgehead atoms. The molecular weight excluding hydrogens is 528 g/mol. The maximum absolute atomic E-state index is 12.8. The topological polar surface area (TPSA) is 101 Å². The zero-order valence-electron chi connectivity index (χ0n) is 25.1. The van der Waals surface area contributed by atoms with Gasteiger partial charge in [0.15, 0.2) is 0 Å². The molecule has 1 aliphatic heterocycles. The Kier molecular flexibility index (Phi) is 13.2. The largest absolute Gasteiger partial charge is 0.500 e. The zero-order valence-corrected chi connectivity index (χ0v) is 25.1. The fourth-order valence-electron chi connectivity index (χ4n) is 4.64. The van der Waals surface area contributed by atoms with E-state index in [2.05, 4.69) is 84.3 Å². The lowest BCUT2D eigenvalue weighted by Gasteiger charge is -2.23. The second kappa shape index (κ2) is 17.0. The van der Waals surface area contributed by atoms with Crippen molar-refractivity contribution in [1.82, 2.24) is 21.3 Å². The molecule has 1 aliphatic rings. The Morgan fingerprint density at radius 2 is 1.76 bits per heavy atom. The van der Waals surface area contributed by atoms with Crippen molar-refractivity contribution in [2.75, 3.05) is 33.4 Å². The first-order valence-corrected chi connectivity index (χ1v) is 14.7. The Balaban J connectivity index is 1.51. The molecule has 0 aliphatic carbocycles. The van der Waals surface area contributed by atoms with E-state index in [1.165, 1.54) is 24.0 Å². The van der Waals surface area contributed by atoms with Crippen molar-refractivity contribution in [3.63, 3.8) is 0 Å². The molecule has 1 fully saturated rings. The molecule has 0 aromatic heterocycles. The minimum atomic E-state index is -0.501. The fourth-order valence-corrected chi connectivity index (χ4v) is 4.64. The number of aryl methyl sites for hydroxylation is 1. The van der Waals surface area contributed by atoms with Crippen LogP contribution < -0.4 is 21.3 Å². The third-order valence-corrected chi connectivity index (χ3v) is 7.34. The summed E-state index contributed by atoms with van der Waals surface area (Å²) in [6, 6.07) is 16.1. The van der Waals surface area contributed by atoms with Crippen LogP contribution in [0.25, 0.3) is 16.8 Å². The van der Waals surface area contributed by atoms with Crippen LogP contribution in [0.4, 0.5) is 0 Å². The summed E-state index contributed by atoms with van der Waals surface area (Å²) in [5, 5.41) is 12.0. The molecule has 8 heteroatoms. The minimum Gasteiger partial charge on any atom is -0.500 e. The van der Waals surface area contributed by atoms with E-state index in [0.29, 0.717) is 30.2 Å². The van der Waals surface area contributed by atoms with Gasteiger partial charge in [-0.3, -0.25) is 9.59 Å². The van der Waals surface area contributed by atoms with Gasteiger partial charge in [0.25, 0.3) is 0 Å². The summed E-state index contributed by atoms with van der Waals surface area (Å²) in [5.41, 5.74) is 5.71. The number of ether oxygens (including phenoxy) is 2. The predicted molar refractivity (Wildman–Crippen MR) is 169 cm³/mol. The fraction of sp³-hybridized carbons (Fsp3) is 0.412. The molecule has 8 nitrogen and oxygen atoms in total. The van der Waals surface area contributed by atoms with Gasteiger partial charge in [-0.25, -0.2) is 0 Å². The number of unbranched alkanes of at least 4 members (excludes halogenated alkanes) is 1. The summed E-state index contributed by atoms with van der Waals surface area (Å²) < 4.78 is 11.1. The molecule has 2 aromatic rings. The Hall–Kier alpha value is -4.04. The Morgan fingerprint density at radius 1 is 1.07 bits per heavy atom. The summed E-state index contributed by atoms with van der Waals surface area (Å²) >= 11 is 0. The SMILES string of the molecule is C=C(NCC(=O)NC1COCCCCC(C(=C)OC)NC(=O)CNC1=C)c1ccc(-c2ccc(CCCC)cc2)cc1. The lowest BCUT2D eigenvalue weighted by atomic mass is 10.0. The van der Waals surface area contributed by atoms with Crippen molar-refractivity contribution in [2.45, 2.75) is 57.5 Å². The Bertz CT molecular complexity index is 1210. The molecule has 2 atom stereocenters. The summed E-state index contributed by atoms with van der Waals surface area (Å²) in [4.78, 5) is 25.3. The second-order valence-electron chi connectivity index (χ2n) is 10.6. The van der Waals surface area contributed by atoms with Gasteiger partial charge in [0.05, 0.1) is 38.9 Å². The highest BCUT2D eigenvalue weighted by Gasteiger charge is 2.20. The van der Waals surface area contributed by atoms with E-state index >= 15 is 0 Å². The number of benzene rings is 2. The molecule has 42 heavy (non-hydrogen) atoms. The lowest BCUT2D eigenvalue weighted by Crippen LogP contribution is -2.48. The van der Waals surface area contributed by atoms with Crippen LogP contribution in [0.5, 0.6) is 0 Å². The average Bonchev–Trinajstić information content (AvgIpc) is 3.02. The van der Waals surface area contributed by atoms with Gasteiger partial charge in [0.1, 0.15) is 5.76 Å². The summed E-state index contributed by atoms with van der Waals surface area (Å²) in [6.07, 6.45) is 5.83. The van der Waals surface area contributed by atoms with Gasteiger partial charge in [-0.05, 0) is 54.4 Å². The number of amides is 2. The third kappa shape index (κ3) is 10.4. The van der Waals surface area contributed by atoms with E-state index in [9.17, 15) is 9.59 Å². The van der Waals surface area contributed by atoms with E-state index in [-0.39, 0.29) is 37.6 Å². The molecule has 1 saturated heterocycles. The number of methoxy groups -OCH3 is 1. The number of hydrogen-bond donors (Lipinski definition) is 4. The molecular formula is C34H46N4O4. The van der Waals surface area contributed by atoms with Crippen LogP contribution >= 0.6 is 0 Å². The van der Waals surface area contributed by atoms with E-state index in [0.717, 1.165) is 30.4 Å². The van der Waals surface area contributed by atoms with Crippen LogP contribution in [0.2, 0.25) is 0 Å². The maximum atomic E-state index is 12.8. The Morgan fingerprint density at radius 3 is 2.43 bits per heavy atom. The standard InChI is InChI=1S/C34H46N4O4/c1-6-7-10-27-12-14-29(15-13-27)30-18-16-28(17-19-30)24(2)35-21-34(40)38-32-23-42-20-9-8-11-31(26(4)41-5)37-33(39)22-36-25(32)3/h12-19,31-32,35-36H,2-4,6-11,20-23H2,1,5H3,(H,37,39)(H,38,40). The number of carbonyl (C=O) groups is 2. The molecule has 3 rings (SSSR count). The zero-order chi connectivity index (χ0) is 30.3. The van der Waals surface area contributed by atoms with Gasteiger partial charge in [-0.2, -0.15) is 0 Å². The van der Waals surface area contributed by atoms with Gasteiger partial charge >= 0.3 is 0 Å². The molecule has 0 radical (unpaired) electrons. The summed E-state index contributed by atoms with van der Waals surface area (Å²) in [7, 11) is 1.54. The van der Waals surface area contributed by atoms with E-state index < -0.39 is 6.04 Å². The second-order valence-corrected chi connectivity index (χ2v) is 10.6. The molecule has 4 N–H and O–H groups in total. The van der Waals surface area contributed by atoms with Gasteiger partial charge in [-0.15, -0.1) is 0 Å². The van der Waals surface area contributed by atoms with Gasteiger partial charge < -0.3 is 30.7 Å². The van der Waals surface area contributed by atoms with E-state index in [1.807, 2.05) is 12.1 Å². The van der Waals surface area contributed by atoms with Crippen LogP contribution in [-0.4, -0.2) is 57.3 Å². The van der Waals surface area contributed by atoms with Crippen LogP contribution in [0.3, 0.4) is 0 Å². The summed E-state index contributed by atoms with van der Waals surface area (Å²) in [5.74, 6) is 0.0656. The third-order valence-electron chi connectivity index (χ3n) is 7.34. The van der Waals surface area contributed by atoms with Crippen LogP contribution in [0, 0.1) is 0 Å². The van der Waals surface area contributed by atoms with E-state index in [1.54, 1.807) is 7.11 Å². The van der Waals surface area contributed by atoms with Crippen LogP contribution in [0.15, 0.2) is 79.7 Å². The Labute approximate surface area is 250 Å². The van der Waals surface area contributed by atoms with Gasteiger partial charge in [-0.1, -0.05) is 81.6 Å². The molecule has 226 valence electrons. The highest BCUT2D eigenvalue weighted by molar-refractivity contribution is 5.81. The molecule has 2 amide bonds. The molecule has 1 heterocycles. The molecule has 0 saturated carbocycles. The van der Waals surface area contributed by atoms with Gasteiger partial charge in [0.2, 0.25) is 11.8 Å². The summed E-state index contributed by atoms with van der Waals surface area (Å²) in [6.45, 7) is 15.0. The van der Waals surface area contributed by atoms with Crippen LogP contribution in [-0.2, 0) is 25.5 Å². The van der Waals surface area contributed by atoms with Gasteiger partial charge in [0, 0.05) is 18.0 Å². The first-order valence-electron chi connectivity index (χ1n) is 14.7. The predicted octanol–water partition coefficient (Wildman–Crippen LogP) is 4.69. The quantitative estimate of drug-likeness (QED) is 0.291. The molecule has 2 aromatic carbocycles. The number of rotatable bonds is 11. The number of nitrogens with one attached hydrogen (secondary N) is 4. The smallest absolute Gasteiger partial charge is 0.239 e. The van der Waals surface area contributed by atoms with Crippen molar-refractivity contribution >= 4 is 17.5 Å². The number of hydrogen-bond acceptors (Lipinski definition) is 6. The van der Waals surface area contributed by atoms with Crippen LogP contribution in [0.1, 0.15) is 50.2 Å². The van der Waals surface area contributed by atoms with Crippen molar-refractivity contribution in [3.05, 3.63) is 90.9 Å². The first kappa shape index (κ1) is 32.5. The highest BCUT2D eigenvalue weighted by atomic mass is 16.5. The minimum absolute atomic E-state index is 0.00670. The van der Waals surface area contributed by atoms with Crippen molar-refractivity contribution in [1.29, 1.82) is 0 Å². The lowest BCUT2D eigenvalue weighted by molar-refractivity contribution is -0.121.